The number of likely N-dealkylation sites (N-methyl/N-ethyl adjacent to an activating group) is 1. The maximum atomic E-state index is 11.8. The van der Waals surface area contributed by atoms with Gasteiger partial charge in [-0.2, -0.15) is 0 Å². The van der Waals surface area contributed by atoms with Crippen molar-refractivity contribution in [3.63, 3.8) is 0 Å². The average Bonchev–Trinajstić information content (AvgIpc) is 2.32. The lowest BCUT2D eigenvalue weighted by Crippen LogP contribution is -2.33. The zero-order chi connectivity index (χ0) is 13.7. The van der Waals surface area contributed by atoms with Crippen LogP contribution in [0, 0.1) is 0 Å². The van der Waals surface area contributed by atoms with Gasteiger partial charge >= 0.3 is 11.3 Å². The molecular weight excluding hydrogens is 258 g/mol. The zero-order valence-corrected chi connectivity index (χ0v) is 10.8. The summed E-state index contributed by atoms with van der Waals surface area (Å²) in [4.78, 5) is 24.1. The van der Waals surface area contributed by atoms with E-state index in [-0.39, 0.29) is 12.4 Å². The lowest BCUT2D eigenvalue weighted by Gasteiger charge is -2.24. The average molecular weight is 272 g/mol. The minimum absolute atomic E-state index is 0.0706. The van der Waals surface area contributed by atoms with Crippen LogP contribution in [0.4, 0.5) is 4.79 Å². The molecule has 5 nitrogen and oxygen atoms in total. The van der Waals surface area contributed by atoms with Crippen molar-refractivity contribution in [1.82, 2.24) is 4.90 Å². The summed E-state index contributed by atoms with van der Waals surface area (Å²) >= 11 is 5.38. The van der Waals surface area contributed by atoms with E-state index in [0.717, 1.165) is 4.90 Å². The highest BCUT2D eigenvalue weighted by molar-refractivity contribution is 6.62. The lowest BCUT2D eigenvalue weighted by atomic mass is 10.1. The van der Waals surface area contributed by atoms with Gasteiger partial charge in [0.1, 0.15) is 5.75 Å². The standard InChI is InChI=1S/C12H14ClNO4/c1-3-18-11(16)10(14(2)12(13)17)8-4-6-9(15)7-5-8/h4-7,10,15H,3H2,1-2H3. The smallest absolute Gasteiger partial charge is 0.333 e. The van der Waals surface area contributed by atoms with Crippen molar-refractivity contribution in [2.24, 2.45) is 0 Å². The molecule has 0 bridgehead atoms. The summed E-state index contributed by atoms with van der Waals surface area (Å²) in [6.07, 6.45) is 0. The molecule has 1 rings (SSSR count). The summed E-state index contributed by atoms with van der Waals surface area (Å²) in [6.45, 7) is 1.88. The van der Waals surface area contributed by atoms with Crippen molar-refractivity contribution < 1.29 is 19.4 Å². The number of carbonyl (C=O) groups excluding carboxylic acids is 2. The van der Waals surface area contributed by atoms with E-state index < -0.39 is 17.4 Å². The van der Waals surface area contributed by atoms with Gasteiger partial charge in [0.15, 0.2) is 6.04 Å². The van der Waals surface area contributed by atoms with Crippen LogP contribution >= 0.6 is 11.6 Å². The van der Waals surface area contributed by atoms with Crippen molar-refractivity contribution in [1.29, 1.82) is 0 Å². The molecule has 0 aliphatic heterocycles. The molecule has 0 saturated heterocycles. The highest BCUT2D eigenvalue weighted by atomic mass is 35.5. The van der Waals surface area contributed by atoms with E-state index in [1.54, 1.807) is 6.92 Å². The number of rotatable bonds is 4. The Balaban J connectivity index is 3.07. The van der Waals surface area contributed by atoms with Crippen molar-refractivity contribution in [2.75, 3.05) is 13.7 Å². The number of phenolic OH excluding ortho intramolecular Hbond substituents is 1. The molecular formula is C12H14ClNO4. The molecule has 1 aromatic carbocycles. The fourth-order valence-corrected chi connectivity index (χ4v) is 1.59. The van der Waals surface area contributed by atoms with Gasteiger partial charge in [-0.05, 0) is 36.2 Å². The van der Waals surface area contributed by atoms with Gasteiger partial charge in [-0.15, -0.1) is 0 Å². The first-order valence-corrected chi connectivity index (χ1v) is 5.73. The van der Waals surface area contributed by atoms with Crippen LogP contribution in [0.25, 0.3) is 0 Å². The Bertz CT molecular complexity index is 432. The second kappa shape index (κ2) is 6.26. The third-order valence-electron chi connectivity index (χ3n) is 2.38. The highest BCUT2D eigenvalue weighted by Gasteiger charge is 2.29. The number of benzene rings is 1. The van der Waals surface area contributed by atoms with E-state index >= 15 is 0 Å². The van der Waals surface area contributed by atoms with Gasteiger partial charge in [0.25, 0.3) is 0 Å². The molecule has 1 amide bonds. The topological polar surface area (TPSA) is 66.8 Å². The summed E-state index contributed by atoms with van der Waals surface area (Å²) < 4.78 is 4.91. The first-order chi connectivity index (χ1) is 8.47. The molecule has 0 saturated carbocycles. The fraction of sp³-hybridized carbons (Fsp3) is 0.333. The van der Waals surface area contributed by atoms with Crippen LogP contribution in [0.1, 0.15) is 18.5 Å². The summed E-state index contributed by atoms with van der Waals surface area (Å²) in [5.74, 6) is -0.499. The Labute approximate surface area is 110 Å². The van der Waals surface area contributed by atoms with Crippen molar-refractivity contribution in [3.05, 3.63) is 29.8 Å². The molecule has 0 radical (unpaired) electrons. The number of amides is 1. The zero-order valence-electron chi connectivity index (χ0n) is 10.1. The third-order valence-corrected chi connectivity index (χ3v) is 2.65. The van der Waals surface area contributed by atoms with E-state index in [2.05, 4.69) is 0 Å². The van der Waals surface area contributed by atoms with E-state index in [1.165, 1.54) is 31.3 Å². The predicted molar refractivity (Wildman–Crippen MR) is 66.5 cm³/mol. The van der Waals surface area contributed by atoms with Gasteiger partial charge in [-0.1, -0.05) is 12.1 Å². The van der Waals surface area contributed by atoms with Crippen LogP contribution in [0.3, 0.4) is 0 Å². The predicted octanol–water partition coefficient (Wildman–Crippen LogP) is 2.29. The lowest BCUT2D eigenvalue weighted by molar-refractivity contribution is -0.148. The number of ether oxygens (including phenoxy) is 1. The molecule has 0 heterocycles. The van der Waals surface area contributed by atoms with Crippen molar-refractivity contribution in [2.45, 2.75) is 13.0 Å². The van der Waals surface area contributed by atoms with Crippen LogP contribution < -0.4 is 0 Å². The summed E-state index contributed by atoms with van der Waals surface area (Å²) in [7, 11) is 1.41. The Morgan fingerprint density at radius 2 is 1.94 bits per heavy atom. The number of aromatic hydroxyl groups is 1. The van der Waals surface area contributed by atoms with E-state index in [0.29, 0.717) is 5.56 Å². The molecule has 18 heavy (non-hydrogen) atoms. The molecule has 1 N–H and O–H groups in total. The van der Waals surface area contributed by atoms with Gasteiger partial charge in [-0.3, -0.25) is 4.79 Å². The highest BCUT2D eigenvalue weighted by Crippen LogP contribution is 2.24. The summed E-state index contributed by atoms with van der Waals surface area (Å²) in [5.41, 5.74) is 0.516. The monoisotopic (exact) mass is 271 g/mol. The number of phenols is 1. The molecule has 1 unspecified atom stereocenters. The minimum Gasteiger partial charge on any atom is -0.508 e. The number of hydrogen-bond donors (Lipinski definition) is 1. The summed E-state index contributed by atoms with van der Waals surface area (Å²) in [5, 5.41) is 8.44. The Kier molecular flexibility index (Phi) is 4.97. The molecule has 1 aromatic rings. The first-order valence-electron chi connectivity index (χ1n) is 5.35. The second-order valence-electron chi connectivity index (χ2n) is 3.61. The number of carbonyl (C=O) groups is 2. The molecule has 0 spiro atoms. The molecule has 0 aliphatic rings. The number of esters is 1. The maximum absolute atomic E-state index is 11.8. The molecule has 98 valence electrons. The van der Waals surface area contributed by atoms with Crippen LogP contribution in [-0.2, 0) is 9.53 Å². The third kappa shape index (κ3) is 3.37. The molecule has 0 aromatic heterocycles. The van der Waals surface area contributed by atoms with Gasteiger partial charge < -0.3 is 14.7 Å². The van der Waals surface area contributed by atoms with Gasteiger partial charge in [0.05, 0.1) is 6.61 Å². The van der Waals surface area contributed by atoms with Crippen molar-refractivity contribution >= 4 is 22.9 Å². The fourth-order valence-electron chi connectivity index (χ4n) is 1.50. The van der Waals surface area contributed by atoms with Crippen LogP contribution in [0.2, 0.25) is 0 Å². The quantitative estimate of drug-likeness (QED) is 0.518. The number of halogens is 1. The Morgan fingerprint density at radius 1 is 1.39 bits per heavy atom. The van der Waals surface area contributed by atoms with E-state index in [1.807, 2.05) is 0 Å². The molecule has 6 heteroatoms. The molecule has 0 aliphatic carbocycles. The van der Waals surface area contributed by atoms with Crippen LogP contribution in [0.5, 0.6) is 5.75 Å². The SMILES string of the molecule is CCOC(=O)C(c1ccc(O)cc1)N(C)C(=O)Cl. The van der Waals surface area contributed by atoms with Crippen molar-refractivity contribution in [3.8, 4) is 5.75 Å². The van der Waals surface area contributed by atoms with Gasteiger partial charge in [-0.25, -0.2) is 4.79 Å². The molecule has 1 atom stereocenters. The first kappa shape index (κ1) is 14.3. The van der Waals surface area contributed by atoms with Gasteiger partial charge in [0, 0.05) is 7.05 Å². The normalized spacial score (nSPS) is 11.7. The number of hydrogen-bond acceptors (Lipinski definition) is 4. The largest absolute Gasteiger partial charge is 0.508 e. The maximum Gasteiger partial charge on any atom is 0.333 e. The molecule has 0 fully saturated rings. The second-order valence-corrected chi connectivity index (χ2v) is 3.93. The van der Waals surface area contributed by atoms with Gasteiger partial charge in [0.2, 0.25) is 0 Å². The van der Waals surface area contributed by atoms with E-state index in [4.69, 9.17) is 16.3 Å². The van der Waals surface area contributed by atoms with E-state index in [9.17, 15) is 14.7 Å². The Hall–Kier alpha value is -1.75. The van der Waals surface area contributed by atoms with Crippen LogP contribution in [0.15, 0.2) is 24.3 Å². The van der Waals surface area contributed by atoms with Crippen LogP contribution in [-0.4, -0.2) is 35.0 Å². The Morgan fingerprint density at radius 3 is 2.39 bits per heavy atom. The summed E-state index contributed by atoms with van der Waals surface area (Å²) in [6, 6.07) is 5.00. The minimum atomic E-state index is -0.921. The number of nitrogens with zero attached hydrogens (tertiary/aromatic N) is 1.